The number of hydrogen-bond donors (Lipinski definition) is 1. The van der Waals surface area contributed by atoms with E-state index in [1.165, 1.54) is 28.5 Å². The molecule has 2 aromatic carbocycles. The van der Waals surface area contributed by atoms with Crippen LogP contribution >= 0.6 is 11.8 Å². The Balaban J connectivity index is 1.75. The summed E-state index contributed by atoms with van der Waals surface area (Å²) in [6.07, 6.45) is 2.93. The second-order valence-electron chi connectivity index (χ2n) is 6.69. The minimum absolute atomic E-state index is 0.0461. The van der Waals surface area contributed by atoms with Crippen LogP contribution in [0, 0.1) is 6.92 Å². The third-order valence-electron chi connectivity index (χ3n) is 4.65. The van der Waals surface area contributed by atoms with Crippen molar-refractivity contribution < 1.29 is 14.7 Å². The molecule has 27 heavy (non-hydrogen) atoms. The molecule has 3 rings (SSSR count). The predicted molar refractivity (Wildman–Crippen MR) is 109 cm³/mol. The van der Waals surface area contributed by atoms with E-state index in [1.54, 1.807) is 13.0 Å². The van der Waals surface area contributed by atoms with E-state index in [4.69, 9.17) is 5.11 Å². The van der Waals surface area contributed by atoms with Crippen LogP contribution < -0.4 is 0 Å². The van der Waals surface area contributed by atoms with Crippen LogP contribution in [0.3, 0.4) is 0 Å². The van der Waals surface area contributed by atoms with Gasteiger partial charge in [-0.15, -0.1) is 11.8 Å². The van der Waals surface area contributed by atoms with Gasteiger partial charge in [0.2, 0.25) is 0 Å². The van der Waals surface area contributed by atoms with Gasteiger partial charge in [-0.05, 0) is 43.5 Å². The van der Waals surface area contributed by atoms with E-state index in [0.717, 1.165) is 6.42 Å². The molecule has 140 valence electrons. The van der Waals surface area contributed by atoms with Crippen LogP contribution in [-0.4, -0.2) is 40.2 Å². The lowest BCUT2D eigenvalue weighted by Crippen LogP contribution is -2.35. The number of nitrogens with zero attached hydrogens (tertiary/aromatic N) is 1. The van der Waals surface area contributed by atoms with Gasteiger partial charge in [0.25, 0.3) is 5.91 Å². The van der Waals surface area contributed by atoms with Crippen molar-refractivity contribution in [3.8, 4) is 0 Å². The second-order valence-corrected chi connectivity index (χ2v) is 8.08. The highest BCUT2D eigenvalue weighted by atomic mass is 32.2. The first-order valence-electron chi connectivity index (χ1n) is 8.99. The van der Waals surface area contributed by atoms with Crippen LogP contribution in [0.4, 0.5) is 0 Å². The van der Waals surface area contributed by atoms with E-state index < -0.39 is 11.2 Å². The summed E-state index contributed by atoms with van der Waals surface area (Å²) in [4.78, 5) is 26.7. The minimum Gasteiger partial charge on any atom is -0.480 e. The van der Waals surface area contributed by atoms with Crippen molar-refractivity contribution in [1.29, 1.82) is 0 Å². The maximum absolute atomic E-state index is 13.0. The number of carboxylic acid groups (broad SMARTS) is 1. The van der Waals surface area contributed by atoms with E-state index in [2.05, 4.69) is 37.3 Å². The molecule has 2 aromatic rings. The van der Waals surface area contributed by atoms with Crippen molar-refractivity contribution in [3.63, 3.8) is 0 Å². The number of benzene rings is 2. The van der Waals surface area contributed by atoms with Crippen LogP contribution in [0.15, 0.2) is 59.5 Å². The van der Waals surface area contributed by atoms with E-state index in [1.807, 2.05) is 23.1 Å². The quantitative estimate of drug-likeness (QED) is 0.776. The highest BCUT2D eigenvalue weighted by Gasteiger charge is 2.23. The fraction of sp³-hybridized carbons (Fsp3) is 0.273. The summed E-state index contributed by atoms with van der Waals surface area (Å²) in [7, 11) is 0. The molecule has 0 fully saturated rings. The van der Waals surface area contributed by atoms with E-state index in [0.29, 0.717) is 23.5 Å². The van der Waals surface area contributed by atoms with Gasteiger partial charge in [0.15, 0.2) is 0 Å². The molecule has 4 nitrogen and oxygen atoms in total. The third kappa shape index (κ3) is 4.61. The standard InChI is InChI=1S/C22H23NO3S/c1-15-6-5-7-18(14-15)17-10-12-23(13-11-17)21(24)19-8-3-4-9-20(19)27-16(2)22(25)26/h3-10,14,16H,11-13H2,1-2H3,(H,25,26). The number of carbonyl (C=O) groups is 2. The van der Waals surface area contributed by atoms with E-state index in [-0.39, 0.29) is 5.91 Å². The average molecular weight is 381 g/mol. The number of carbonyl (C=O) groups excluding carboxylic acids is 1. The van der Waals surface area contributed by atoms with Gasteiger partial charge in [-0.1, -0.05) is 48.0 Å². The molecule has 0 bridgehead atoms. The maximum atomic E-state index is 13.0. The van der Waals surface area contributed by atoms with Crippen LogP contribution in [0.1, 0.15) is 34.8 Å². The molecule has 0 radical (unpaired) electrons. The lowest BCUT2D eigenvalue weighted by atomic mass is 9.98. The summed E-state index contributed by atoms with van der Waals surface area (Å²) in [5.41, 5.74) is 4.28. The highest BCUT2D eigenvalue weighted by Crippen LogP contribution is 2.29. The van der Waals surface area contributed by atoms with Gasteiger partial charge in [-0.2, -0.15) is 0 Å². The Morgan fingerprint density at radius 1 is 1.15 bits per heavy atom. The Labute approximate surface area is 163 Å². The summed E-state index contributed by atoms with van der Waals surface area (Å²) in [6.45, 7) is 4.93. The minimum atomic E-state index is -0.883. The van der Waals surface area contributed by atoms with Crippen LogP contribution in [0.5, 0.6) is 0 Å². The zero-order chi connectivity index (χ0) is 19.4. The number of carboxylic acids is 1. The van der Waals surface area contributed by atoms with Crippen LogP contribution in [-0.2, 0) is 4.79 Å². The summed E-state index contributed by atoms with van der Waals surface area (Å²) in [5.74, 6) is -0.929. The van der Waals surface area contributed by atoms with Crippen molar-refractivity contribution in [2.45, 2.75) is 30.4 Å². The number of thioether (sulfide) groups is 1. The molecule has 0 aliphatic carbocycles. The molecule has 1 heterocycles. The molecule has 1 N–H and O–H groups in total. The second kappa shape index (κ2) is 8.44. The average Bonchev–Trinajstić information content (AvgIpc) is 2.68. The number of hydrogen-bond acceptors (Lipinski definition) is 3. The Bertz CT molecular complexity index is 891. The summed E-state index contributed by atoms with van der Waals surface area (Å²) in [6, 6.07) is 15.7. The maximum Gasteiger partial charge on any atom is 0.316 e. The Morgan fingerprint density at radius 2 is 1.93 bits per heavy atom. The van der Waals surface area contributed by atoms with Gasteiger partial charge in [0, 0.05) is 18.0 Å². The highest BCUT2D eigenvalue weighted by molar-refractivity contribution is 8.00. The number of amides is 1. The number of aryl methyl sites for hydroxylation is 1. The van der Waals surface area contributed by atoms with Crippen LogP contribution in [0.2, 0.25) is 0 Å². The smallest absolute Gasteiger partial charge is 0.316 e. The lowest BCUT2D eigenvalue weighted by molar-refractivity contribution is -0.136. The molecule has 5 heteroatoms. The molecule has 1 amide bonds. The summed E-state index contributed by atoms with van der Waals surface area (Å²) in [5, 5.41) is 8.55. The number of rotatable bonds is 5. The molecule has 1 aliphatic heterocycles. The van der Waals surface area contributed by atoms with E-state index in [9.17, 15) is 9.59 Å². The topological polar surface area (TPSA) is 57.6 Å². The lowest BCUT2D eigenvalue weighted by Gasteiger charge is -2.27. The molecular weight excluding hydrogens is 358 g/mol. The molecule has 0 spiro atoms. The largest absolute Gasteiger partial charge is 0.480 e. The predicted octanol–water partition coefficient (Wildman–Crippen LogP) is 4.49. The molecule has 0 aromatic heterocycles. The van der Waals surface area contributed by atoms with Crippen molar-refractivity contribution in [2.24, 2.45) is 0 Å². The molecule has 1 aliphatic rings. The van der Waals surface area contributed by atoms with Crippen molar-refractivity contribution >= 4 is 29.2 Å². The number of aliphatic carboxylic acids is 1. The molecular formula is C22H23NO3S. The molecule has 1 atom stereocenters. The van der Waals surface area contributed by atoms with Gasteiger partial charge in [0.1, 0.15) is 5.25 Å². The Morgan fingerprint density at radius 3 is 2.59 bits per heavy atom. The first-order chi connectivity index (χ1) is 13.0. The Hall–Kier alpha value is -2.53. The van der Waals surface area contributed by atoms with Gasteiger partial charge in [-0.3, -0.25) is 9.59 Å². The first kappa shape index (κ1) is 19.2. The third-order valence-corrected chi connectivity index (χ3v) is 5.82. The zero-order valence-electron chi connectivity index (χ0n) is 15.5. The van der Waals surface area contributed by atoms with Crippen molar-refractivity contribution in [1.82, 2.24) is 4.90 Å². The SMILES string of the molecule is Cc1cccc(C2=CCN(C(=O)c3ccccc3SC(C)C(=O)O)CC2)c1. The summed E-state index contributed by atoms with van der Waals surface area (Å²) < 4.78 is 0. The normalized spacial score (nSPS) is 15.2. The Kier molecular flexibility index (Phi) is 6.01. The van der Waals surface area contributed by atoms with Gasteiger partial charge in [-0.25, -0.2) is 0 Å². The van der Waals surface area contributed by atoms with Gasteiger partial charge >= 0.3 is 5.97 Å². The summed E-state index contributed by atoms with van der Waals surface area (Å²) >= 11 is 1.21. The van der Waals surface area contributed by atoms with E-state index >= 15 is 0 Å². The molecule has 1 unspecified atom stereocenters. The fourth-order valence-corrected chi connectivity index (χ4v) is 4.04. The zero-order valence-corrected chi connectivity index (χ0v) is 16.3. The van der Waals surface area contributed by atoms with Gasteiger partial charge < -0.3 is 10.0 Å². The molecule has 0 saturated carbocycles. The van der Waals surface area contributed by atoms with Gasteiger partial charge in [0.05, 0.1) is 5.56 Å². The fourth-order valence-electron chi connectivity index (χ4n) is 3.12. The van der Waals surface area contributed by atoms with Crippen molar-refractivity contribution in [3.05, 3.63) is 71.3 Å². The molecule has 0 saturated heterocycles. The first-order valence-corrected chi connectivity index (χ1v) is 9.87. The van der Waals surface area contributed by atoms with Crippen molar-refractivity contribution in [2.75, 3.05) is 13.1 Å². The van der Waals surface area contributed by atoms with Crippen LogP contribution in [0.25, 0.3) is 5.57 Å². The monoisotopic (exact) mass is 381 g/mol.